The van der Waals surface area contributed by atoms with Crippen molar-refractivity contribution < 1.29 is 44.3 Å². The molecule has 13 heteroatoms. The minimum absolute atomic E-state index is 0.0103. The molecule has 3 aromatic rings. The van der Waals surface area contributed by atoms with Gasteiger partial charge in [0.25, 0.3) is 5.91 Å². The van der Waals surface area contributed by atoms with E-state index >= 15 is 0 Å². The van der Waals surface area contributed by atoms with E-state index < -0.39 is 50.0 Å². The number of sulfonamides is 1. The lowest BCUT2D eigenvalue weighted by molar-refractivity contribution is -0.143. The topological polar surface area (TPSA) is 84.5 Å². The third-order valence-electron chi connectivity index (χ3n) is 5.11. The van der Waals surface area contributed by atoms with Crippen LogP contribution < -0.4 is 14.8 Å². The SMILES string of the molecule is COc1ccc(C(=O)Nc2cc(C(F)(F)F)cc(C(F)(F)F)c2)cc1S(=O)(=O)NCCc1ccccc1. The van der Waals surface area contributed by atoms with Crippen LogP contribution in [0.5, 0.6) is 5.75 Å². The number of anilines is 1. The molecular formula is C24H20F6N2O4S. The number of hydrogen-bond acceptors (Lipinski definition) is 4. The first kappa shape index (κ1) is 28.0. The third-order valence-corrected chi connectivity index (χ3v) is 6.59. The summed E-state index contributed by atoms with van der Waals surface area (Å²) in [6.45, 7) is 0.0103. The van der Waals surface area contributed by atoms with Crippen molar-refractivity contribution >= 4 is 21.6 Å². The number of benzene rings is 3. The standard InChI is InChI=1S/C24H20F6N2O4S/c1-36-20-8-7-16(11-21(20)37(34,35)31-10-9-15-5-3-2-4-6-15)22(33)32-19-13-17(23(25,26)27)12-18(14-19)24(28,29)30/h2-8,11-14,31H,9-10H2,1H3,(H,32,33). The number of carbonyl (C=O) groups excluding carboxylic acids is 1. The fourth-order valence-electron chi connectivity index (χ4n) is 3.31. The Kier molecular flexibility index (Phi) is 8.18. The second-order valence-electron chi connectivity index (χ2n) is 7.75. The molecular weight excluding hydrogens is 526 g/mol. The summed E-state index contributed by atoms with van der Waals surface area (Å²) >= 11 is 0. The number of carbonyl (C=O) groups is 1. The van der Waals surface area contributed by atoms with Crippen LogP contribution >= 0.6 is 0 Å². The lowest BCUT2D eigenvalue weighted by Crippen LogP contribution is -2.27. The normalized spacial score (nSPS) is 12.3. The zero-order valence-corrected chi connectivity index (χ0v) is 19.9. The molecule has 0 spiro atoms. The Morgan fingerprint density at radius 2 is 1.46 bits per heavy atom. The molecule has 0 saturated heterocycles. The van der Waals surface area contributed by atoms with Crippen molar-refractivity contribution in [1.29, 1.82) is 0 Å². The molecule has 6 nitrogen and oxygen atoms in total. The van der Waals surface area contributed by atoms with Crippen molar-refractivity contribution in [1.82, 2.24) is 4.72 Å². The maximum Gasteiger partial charge on any atom is 0.416 e. The monoisotopic (exact) mass is 546 g/mol. The molecule has 0 heterocycles. The smallest absolute Gasteiger partial charge is 0.416 e. The van der Waals surface area contributed by atoms with E-state index in [1.54, 1.807) is 30.3 Å². The number of rotatable bonds is 8. The molecule has 0 aromatic heterocycles. The highest BCUT2D eigenvalue weighted by Crippen LogP contribution is 2.37. The van der Waals surface area contributed by atoms with Crippen LogP contribution in [0.15, 0.2) is 71.6 Å². The van der Waals surface area contributed by atoms with Crippen LogP contribution in [0.4, 0.5) is 32.0 Å². The molecule has 0 atom stereocenters. The van der Waals surface area contributed by atoms with E-state index in [-0.39, 0.29) is 23.9 Å². The second kappa shape index (κ2) is 10.8. The molecule has 0 aliphatic carbocycles. The van der Waals surface area contributed by atoms with E-state index in [0.29, 0.717) is 18.6 Å². The van der Waals surface area contributed by atoms with Gasteiger partial charge in [-0.3, -0.25) is 4.79 Å². The fraction of sp³-hybridized carbons (Fsp3) is 0.208. The summed E-state index contributed by atoms with van der Waals surface area (Å²) in [5.74, 6) is -1.25. The van der Waals surface area contributed by atoms with Crippen molar-refractivity contribution in [3.05, 3.63) is 89.0 Å². The number of nitrogens with one attached hydrogen (secondary N) is 2. The van der Waals surface area contributed by atoms with Crippen LogP contribution in [0.2, 0.25) is 0 Å². The van der Waals surface area contributed by atoms with Gasteiger partial charge in [0.2, 0.25) is 10.0 Å². The molecule has 0 unspecified atom stereocenters. The Morgan fingerprint density at radius 1 is 0.865 bits per heavy atom. The largest absolute Gasteiger partial charge is 0.495 e. The van der Waals surface area contributed by atoms with Gasteiger partial charge in [-0.25, -0.2) is 13.1 Å². The van der Waals surface area contributed by atoms with E-state index in [2.05, 4.69) is 4.72 Å². The molecule has 3 rings (SSSR count). The van der Waals surface area contributed by atoms with Gasteiger partial charge in [-0.05, 0) is 48.4 Å². The quantitative estimate of drug-likeness (QED) is 0.365. The second-order valence-corrected chi connectivity index (χ2v) is 9.48. The van der Waals surface area contributed by atoms with Crippen LogP contribution in [0.3, 0.4) is 0 Å². The first-order chi connectivity index (χ1) is 17.2. The minimum atomic E-state index is -5.10. The van der Waals surface area contributed by atoms with Crippen LogP contribution in [-0.2, 0) is 28.8 Å². The molecule has 198 valence electrons. The van der Waals surface area contributed by atoms with Crippen molar-refractivity contribution in [2.75, 3.05) is 19.0 Å². The molecule has 37 heavy (non-hydrogen) atoms. The summed E-state index contributed by atoms with van der Waals surface area (Å²) in [4.78, 5) is 12.2. The Balaban J connectivity index is 1.87. The number of halogens is 6. The van der Waals surface area contributed by atoms with Gasteiger partial charge in [0, 0.05) is 17.8 Å². The predicted molar refractivity (Wildman–Crippen MR) is 123 cm³/mol. The number of hydrogen-bond donors (Lipinski definition) is 2. The highest BCUT2D eigenvalue weighted by Gasteiger charge is 2.37. The van der Waals surface area contributed by atoms with Crippen LogP contribution in [0, 0.1) is 0 Å². The molecule has 0 aliphatic heterocycles. The van der Waals surface area contributed by atoms with Crippen LogP contribution in [-0.4, -0.2) is 28.0 Å². The van der Waals surface area contributed by atoms with Gasteiger partial charge in [-0.1, -0.05) is 30.3 Å². The fourth-order valence-corrected chi connectivity index (χ4v) is 4.54. The average Bonchev–Trinajstić information content (AvgIpc) is 2.83. The number of methoxy groups -OCH3 is 1. The zero-order chi connectivity index (χ0) is 27.4. The molecule has 2 N–H and O–H groups in total. The molecule has 0 radical (unpaired) electrons. The Morgan fingerprint density at radius 3 is 2.00 bits per heavy atom. The van der Waals surface area contributed by atoms with Gasteiger partial charge in [0.05, 0.1) is 18.2 Å². The first-order valence-corrected chi connectivity index (χ1v) is 12.0. The Hall–Kier alpha value is -3.58. The highest BCUT2D eigenvalue weighted by atomic mass is 32.2. The molecule has 0 fully saturated rings. The van der Waals surface area contributed by atoms with Gasteiger partial charge in [-0.2, -0.15) is 26.3 Å². The lowest BCUT2D eigenvalue weighted by atomic mass is 10.1. The zero-order valence-electron chi connectivity index (χ0n) is 19.1. The van der Waals surface area contributed by atoms with Gasteiger partial charge in [0.1, 0.15) is 10.6 Å². The first-order valence-electron chi connectivity index (χ1n) is 10.5. The van der Waals surface area contributed by atoms with E-state index in [9.17, 15) is 39.6 Å². The van der Waals surface area contributed by atoms with Crippen molar-refractivity contribution in [3.8, 4) is 5.75 Å². The molecule has 0 aliphatic rings. The Labute approximate surface area is 208 Å². The van der Waals surface area contributed by atoms with E-state index in [1.165, 1.54) is 7.11 Å². The van der Waals surface area contributed by atoms with E-state index in [4.69, 9.17) is 4.74 Å². The molecule has 1 amide bonds. The predicted octanol–water partition coefficient (Wildman–Crippen LogP) is 5.51. The lowest BCUT2D eigenvalue weighted by Gasteiger charge is -2.15. The van der Waals surface area contributed by atoms with Crippen molar-refractivity contribution in [2.24, 2.45) is 0 Å². The molecule has 0 bridgehead atoms. The van der Waals surface area contributed by atoms with Gasteiger partial charge < -0.3 is 10.1 Å². The summed E-state index contributed by atoms with van der Waals surface area (Å²) in [6.07, 6.45) is -9.85. The van der Waals surface area contributed by atoms with Crippen molar-refractivity contribution in [2.45, 2.75) is 23.7 Å². The van der Waals surface area contributed by atoms with Gasteiger partial charge in [0.15, 0.2) is 0 Å². The maximum atomic E-state index is 13.1. The van der Waals surface area contributed by atoms with E-state index in [0.717, 1.165) is 23.8 Å². The third kappa shape index (κ3) is 7.23. The summed E-state index contributed by atoms with van der Waals surface area (Å²) in [5.41, 5.74) is -3.47. The van der Waals surface area contributed by atoms with Gasteiger partial charge in [-0.15, -0.1) is 0 Å². The number of alkyl halides is 6. The summed E-state index contributed by atoms with van der Waals surface area (Å²) in [6, 6.07) is 12.8. The summed E-state index contributed by atoms with van der Waals surface area (Å²) in [5, 5.41) is 1.97. The van der Waals surface area contributed by atoms with Crippen molar-refractivity contribution in [3.63, 3.8) is 0 Å². The van der Waals surface area contributed by atoms with Crippen LogP contribution in [0.1, 0.15) is 27.0 Å². The minimum Gasteiger partial charge on any atom is -0.495 e. The van der Waals surface area contributed by atoms with Crippen LogP contribution in [0.25, 0.3) is 0 Å². The maximum absolute atomic E-state index is 13.1. The van der Waals surface area contributed by atoms with Gasteiger partial charge >= 0.3 is 12.4 Å². The molecule has 0 saturated carbocycles. The summed E-state index contributed by atoms with van der Waals surface area (Å²) < 4.78 is 112. The Bertz CT molecular complexity index is 1340. The summed E-state index contributed by atoms with van der Waals surface area (Å²) in [7, 11) is -3.01. The average molecular weight is 546 g/mol. The highest BCUT2D eigenvalue weighted by molar-refractivity contribution is 7.89. The number of amides is 1. The van der Waals surface area contributed by atoms with E-state index in [1.807, 2.05) is 5.32 Å². The number of ether oxygens (including phenoxy) is 1. The molecule has 3 aromatic carbocycles.